The molecular formula is C15H27N5. The monoisotopic (exact) mass is 277 g/mol. The molecular weight excluding hydrogens is 250 g/mol. The molecule has 0 aliphatic heterocycles. The molecule has 0 atom stereocenters. The van der Waals surface area contributed by atoms with Crippen LogP contribution in [0.25, 0.3) is 0 Å². The van der Waals surface area contributed by atoms with Crippen LogP contribution < -0.4 is 10.6 Å². The number of hydrogen-bond acceptors (Lipinski definition) is 2. The van der Waals surface area contributed by atoms with Crippen molar-refractivity contribution in [2.45, 2.75) is 58.0 Å². The number of guanidine groups is 1. The number of hydrogen-bond donors (Lipinski definition) is 2. The standard InChI is InChI=1S/C15H27N5/c1-2-17-15(19-14-7-4-3-5-8-14)18-9-6-11-20-12-10-16-13-20/h10,12-14H,2-9,11H2,1H3,(H2,17,18,19). The van der Waals surface area contributed by atoms with Crippen molar-refractivity contribution in [3.8, 4) is 0 Å². The summed E-state index contributed by atoms with van der Waals surface area (Å²) in [6.07, 6.45) is 13.3. The lowest BCUT2D eigenvalue weighted by Crippen LogP contribution is -2.44. The average Bonchev–Trinajstić information content (AvgIpc) is 2.98. The molecule has 1 aliphatic carbocycles. The summed E-state index contributed by atoms with van der Waals surface area (Å²) in [5, 5.41) is 6.91. The highest BCUT2D eigenvalue weighted by molar-refractivity contribution is 5.80. The Kier molecular flexibility index (Phi) is 6.41. The Morgan fingerprint density at radius 1 is 1.35 bits per heavy atom. The van der Waals surface area contributed by atoms with E-state index < -0.39 is 0 Å². The molecule has 1 aromatic rings. The zero-order valence-electron chi connectivity index (χ0n) is 12.5. The molecule has 1 saturated carbocycles. The molecule has 5 nitrogen and oxygen atoms in total. The van der Waals surface area contributed by atoms with E-state index in [4.69, 9.17) is 0 Å². The molecule has 1 aliphatic rings. The van der Waals surface area contributed by atoms with Gasteiger partial charge >= 0.3 is 0 Å². The molecule has 0 radical (unpaired) electrons. The van der Waals surface area contributed by atoms with E-state index in [1.165, 1.54) is 32.1 Å². The van der Waals surface area contributed by atoms with Crippen LogP contribution >= 0.6 is 0 Å². The van der Waals surface area contributed by atoms with Crippen molar-refractivity contribution >= 4 is 5.96 Å². The Labute approximate surface area is 121 Å². The van der Waals surface area contributed by atoms with Gasteiger partial charge in [-0.05, 0) is 26.2 Å². The SMILES string of the molecule is CCNC(=NCCCn1ccnc1)NC1CCCCC1. The predicted molar refractivity (Wildman–Crippen MR) is 82.8 cm³/mol. The minimum Gasteiger partial charge on any atom is -0.357 e. The molecule has 0 unspecified atom stereocenters. The van der Waals surface area contributed by atoms with Crippen molar-refractivity contribution in [1.29, 1.82) is 0 Å². The number of aliphatic imine (C=N–C) groups is 1. The van der Waals surface area contributed by atoms with Gasteiger partial charge in [0, 0.05) is 38.1 Å². The van der Waals surface area contributed by atoms with Crippen molar-refractivity contribution < 1.29 is 0 Å². The molecule has 2 rings (SSSR count). The maximum atomic E-state index is 4.67. The summed E-state index contributed by atoms with van der Waals surface area (Å²) in [6, 6.07) is 0.607. The lowest BCUT2D eigenvalue weighted by Gasteiger charge is -2.24. The van der Waals surface area contributed by atoms with E-state index in [1.807, 2.05) is 18.7 Å². The maximum Gasteiger partial charge on any atom is 0.191 e. The summed E-state index contributed by atoms with van der Waals surface area (Å²) in [5.41, 5.74) is 0. The van der Waals surface area contributed by atoms with E-state index in [2.05, 4.69) is 32.1 Å². The Morgan fingerprint density at radius 3 is 2.90 bits per heavy atom. The quantitative estimate of drug-likeness (QED) is 0.476. The summed E-state index contributed by atoms with van der Waals surface area (Å²) in [6.45, 7) is 4.86. The molecule has 0 spiro atoms. The van der Waals surface area contributed by atoms with Gasteiger partial charge in [-0.1, -0.05) is 19.3 Å². The first-order valence-corrected chi connectivity index (χ1v) is 7.89. The minimum absolute atomic E-state index is 0.607. The van der Waals surface area contributed by atoms with Crippen LogP contribution in [0.15, 0.2) is 23.7 Å². The van der Waals surface area contributed by atoms with Crippen LogP contribution in [0.5, 0.6) is 0 Å². The van der Waals surface area contributed by atoms with Crippen LogP contribution in [0.4, 0.5) is 0 Å². The van der Waals surface area contributed by atoms with E-state index in [-0.39, 0.29) is 0 Å². The number of nitrogens with zero attached hydrogens (tertiary/aromatic N) is 3. The van der Waals surface area contributed by atoms with Crippen LogP contribution in [-0.2, 0) is 6.54 Å². The number of imidazole rings is 1. The van der Waals surface area contributed by atoms with Gasteiger partial charge < -0.3 is 15.2 Å². The molecule has 0 saturated heterocycles. The van der Waals surface area contributed by atoms with Gasteiger partial charge in [-0.2, -0.15) is 0 Å². The van der Waals surface area contributed by atoms with E-state index in [0.29, 0.717) is 6.04 Å². The average molecular weight is 277 g/mol. The summed E-state index contributed by atoms with van der Waals surface area (Å²) < 4.78 is 2.09. The molecule has 5 heteroatoms. The fraction of sp³-hybridized carbons (Fsp3) is 0.733. The fourth-order valence-corrected chi connectivity index (χ4v) is 2.62. The normalized spacial score (nSPS) is 17.1. The van der Waals surface area contributed by atoms with Gasteiger partial charge in [0.1, 0.15) is 0 Å². The van der Waals surface area contributed by atoms with Crippen LogP contribution in [0.2, 0.25) is 0 Å². The summed E-state index contributed by atoms with van der Waals surface area (Å²) in [5.74, 6) is 0.977. The van der Waals surface area contributed by atoms with Gasteiger partial charge in [-0.3, -0.25) is 4.99 Å². The Balaban J connectivity index is 1.72. The molecule has 1 heterocycles. The van der Waals surface area contributed by atoms with E-state index in [1.54, 1.807) is 0 Å². The second-order valence-corrected chi connectivity index (χ2v) is 5.39. The Hall–Kier alpha value is -1.52. The molecule has 0 bridgehead atoms. The molecule has 2 N–H and O–H groups in total. The highest BCUT2D eigenvalue weighted by Crippen LogP contribution is 2.17. The third-order valence-corrected chi connectivity index (χ3v) is 3.69. The van der Waals surface area contributed by atoms with Gasteiger partial charge in [0.05, 0.1) is 6.33 Å². The van der Waals surface area contributed by atoms with Gasteiger partial charge in [0.2, 0.25) is 0 Å². The van der Waals surface area contributed by atoms with E-state index in [9.17, 15) is 0 Å². The van der Waals surface area contributed by atoms with Crippen molar-refractivity contribution in [3.05, 3.63) is 18.7 Å². The number of aromatic nitrogens is 2. The topological polar surface area (TPSA) is 54.2 Å². The lowest BCUT2D eigenvalue weighted by atomic mass is 9.96. The smallest absolute Gasteiger partial charge is 0.191 e. The van der Waals surface area contributed by atoms with Crippen molar-refractivity contribution in [3.63, 3.8) is 0 Å². The Morgan fingerprint density at radius 2 is 2.20 bits per heavy atom. The van der Waals surface area contributed by atoms with E-state index in [0.717, 1.165) is 32.0 Å². The first-order valence-electron chi connectivity index (χ1n) is 7.89. The third kappa shape index (κ3) is 5.23. The maximum absolute atomic E-state index is 4.67. The molecule has 0 aromatic carbocycles. The van der Waals surface area contributed by atoms with Crippen molar-refractivity contribution in [1.82, 2.24) is 20.2 Å². The second-order valence-electron chi connectivity index (χ2n) is 5.39. The van der Waals surface area contributed by atoms with Gasteiger partial charge in [0.25, 0.3) is 0 Å². The van der Waals surface area contributed by atoms with Gasteiger partial charge in [-0.25, -0.2) is 4.98 Å². The lowest BCUT2D eigenvalue weighted by molar-refractivity contribution is 0.410. The minimum atomic E-state index is 0.607. The number of nitrogens with one attached hydrogen (secondary N) is 2. The van der Waals surface area contributed by atoms with Crippen LogP contribution in [-0.4, -0.2) is 34.6 Å². The molecule has 0 amide bonds. The highest BCUT2D eigenvalue weighted by atomic mass is 15.2. The number of aryl methyl sites for hydroxylation is 1. The molecule has 20 heavy (non-hydrogen) atoms. The first kappa shape index (κ1) is 14.9. The zero-order chi connectivity index (χ0) is 14.0. The first-order chi connectivity index (χ1) is 9.88. The van der Waals surface area contributed by atoms with E-state index >= 15 is 0 Å². The van der Waals surface area contributed by atoms with Crippen LogP contribution in [0.3, 0.4) is 0 Å². The van der Waals surface area contributed by atoms with Gasteiger partial charge in [-0.15, -0.1) is 0 Å². The highest BCUT2D eigenvalue weighted by Gasteiger charge is 2.14. The number of rotatable bonds is 6. The summed E-state index contributed by atoms with van der Waals surface area (Å²) in [4.78, 5) is 8.71. The van der Waals surface area contributed by atoms with Gasteiger partial charge in [0.15, 0.2) is 5.96 Å². The van der Waals surface area contributed by atoms with Crippen molar-refractivity contribution in [2.75, 3.05) is 13.1 Å². The second kappa shape index (κ2) is 8.61. The summed E-state index contributed by atoms with van der Waals surface area (Å²) in [7, 11) is 0. The Bertz CT molecular complexity index is 379. The third-order valence-electron chi connectivity index (χ3n) is 3.69. The summed E-state index contributed by atoms with van der Waals surface area (Å²) >= 11 is 0. The fourth-order valence-electron chi connectivity index (χ4n) is 2.62. The van der Waals surface area contributed by atoms with Crippen molar-refractivity contribution in [2.24, 2.45) is 4.99 Å². The van der Waals surface area contributed by atoms with Crippen LogP contribution in [0.1, 0.15) is 45.4 Å². The zero-order valence-corrected chi connectivity index (χ0v) is 12.5. The van der Waals surface area contributed by atoms with Crippen LogP contribution in [0, 0.1) is 0 Å². The molecule has 112 valence electrons. The predicted octanol–water partition coefficient (Wildman–Crippen LogP) is 2.16. The largest absolute Gasteiger partial charge is 0.357 e. The molecule has 1 aromatic heterocycles. The molecule has 1 fully saturated rings.